The fraction of sp³-hybridized carbons (Fsp3) is 0.769. The SMILES string of the molecule is C[C@H](NC(=O)[C@@H]1CCCN1C(=O)[C@@H]1CCCN1)C(=O)O. The van der Waals surface area contributed by atoms with Crippen molar-refractivity contribution in [3.05, 3.63) is 0 Å². The van der Waals surface area contributed by atoms with Gasteiger partial charge in [0.15, 0.2) is 0 Å². The number of likely N-dealkylation sites (tertiary alicyclic amines) is 1. The molecule has 20 heavy (non-hydrogen) atoms. The standard InChI is InChI=1S/C13H21N3O4/c1-8(13(19)20)15-11(17)10-5-3-7-16(10)12(18)9-4-2-6-14-9/h8-10,14H,2-7H2,1H3,(H,15,17)(H,19,20)/t8-,9-,10-/m0/s1. The maximum absolute atomic E-state index is 12.3. The van der Waals surface area contributed by atoms with Crippen LogP contribution < -0.4 is 10.6 Å². The van der Waals surface area contributed by atoms with Crippen LogP contribution in [0.2, 0.25) is 0 Å². The molecule has 3 N–H and O–H groups in total. The summed E-state index contributed by atoms with van der Waals surface area (Å²) >= 11 is 0. The summed E-state index contributed by atoms with van der Waals surface area (Å²) in [6.45, 7) is 2.81. The molecule has 0 spiro atoms. The Bertz CT molecular complexity index is 406. The molecule has 7 heteroatoms. The number of hydrogen-bond acceptors (Lipinski definition) is 4. The third-order valence-electron chi connectivity index (χ3n) is 3.93. The smallest absolute Gasteiger partial charge is 0.325 e. The van der Waals surface area contributed by atoms with Crippen LogP contribution in [0.5, 0.6) is 0 Å². The van der Waals surface area contributed by atoms with Crippen LogP contribution in [0.25, 0.3) is 0 Å². The van der Waals surface area contributed by atoms with E-state index in [0.717, 1.165) is 25.8 Å². The van der Waals surface area contributed by atoms with Gasteiger partial charge in [0.1, 0.15) is 12.1 Å². The Morgan fingerprint density at radius 3 is 2.65 bits per heavy atom. The zero-order valence-electron chi connectivity index (χ0n) is 11.6. The molecule has 2 aliphatic rings. The molecule has 0 bridgehead atoms. The van der Waals surface area contributed by atoms with Crippen molar-refractivity contribution in [2.75, 3.05) is 13.1 Å². The zero-order valence-corrected chi connectivity index (χ0v) is 11.6. The largest absolute Gasteiger partial charge is 0.480 e. The zero-order chi connectivity index (χ0) is 14.7. The Labute approximate surface area is 117 Å². The summed E-state index contributed by atoms with van der Waals surface area (Å²) < 4.78 is 0. The molecule has 0 aromatic carbocycles. The van der Waals surface area contributed by atoms with Crippen molar-refractivity contribution >= 4 is 17.8 Å². The van der Waals surface area contributed by atoms with Gasteiger partial charge in [-0.25, -0.2) is 0 Å². The molecule has 2 rings (SSSR count). The lowest BCUT2D eigenvalue weighted by Gasteiger charge is -2.27. The maximum atomic E-state index is 12.3. The summed E-state index contributed by atoms with van der Waals surface area (Å²) in [5, 5.41) is 14.4. The number of rotatable bonds is 4. The van der Waals surface area contributed by atoms with Crippen LogP contribution >= 0.6 is 0 Å². The molecule has 0 aromatic rings. The van der Waals surface area contributed by atoms with Gasteiger partial charge < -0.3 is 20.6 Å². The third-order valence-corrected chi connectivity index (χ3v) is 3.93. The molecule has 2 saturated heterocycles. The van der Waals surface area contributed by atoms with E-state index in [1.165, 1.54) is 6.92 Å². The summed E-state index contributed by atoms with van der Waals surface area (Å²) in [6.07, 6.45) is 3.14. The highest BCUT2D eigenvalue weighted by atomic mass is 16.4. The van der Waals surface area contributed by atoms with Crippen LogP contribution in [0.1, 0.15) is 32.6 Å². The van der Waals surface area contributed by atoms with Crippen LogP contribution in [0, 0.1) is 0 Å². The molecule has 7 nitrogen and oxygen atoms in total. The highest BCUT2D eigenvalue weighted by Crippen LogP contribution is 2.20. The van der Waals surface area contributed by atoms with Gasteiger partial charge >= 0.3 is 5.97 Å². The number of carbonyl (C=O) groups is 3. The van der Waals surface area contributed by atoms with Crippen molar-refractivity contribution in [3.8, 4) is 0 Å². The fourth-order valence-electron chi connectivity index (χ4n) is 2.77. The molecular formula is C13H21N3O4. The number of carboxylic acids is 1. The normalized spacial score (nSPS) is 27.4. The predicted octanol–water partition coefficient (Wildman–Crippen LogP) is -0.681. The van der Waals surface area contributed by atoms with E-state index in [0.29, 0.717) is 13.0 Å². The lowest BCUT2D eigenvalue weighted by Crippen LogP contribution is -2.53. The van der Waals surface area contributed by atoms with Crippen molar-refractivity contribution in [1.82, 2.24) is 15.5 Å². The molecule has 2 heterocycles. The first-order valence-electron chi connectivity index (χ1n) is 7.07. The molecule has 0 saturated carbocycles. The fourth-order valence-corrected chi connectivity index (χ4v) is 2.77. The third kappa shape index (κ3) is 3.09. The molecule has 0 radical (unpaired) electrons. The van der Waals surface area contributed by atoms with E-state index in [-0.39, 0.29) is 17.9 Å². The molecule has 0 aromatic heterocycles. The summed E-state index contributed by atoms with van der Waals surface area (Å²) in [4.78, 5) is 36.8. The first-order valence-corrected chi connectivity index (χ1v) is 7.07. The first-order chi connectivity index (χ1) is 9.50. The van der Waals surface area contributed by atoms with E-state index in [1.807, 2.05) is 0 Å². The van der Waals surface area contributed by atoms with Crippen molar-refractivity contribution < 1.29 is 19.5 Å². The molecule has 112 valence electrons. The van der Waals surface area contributed by atoms with Crippen molar-refractivity contribution in [3.63, 3.8) is 0 Å². The summed E-state index contributed by atoms with van der Waals surface area (Å²) in [6, 6.07) is -1.67. The number of amides is 2. The molecule has 2 aliphatic heterocycles. The Morgan fingerprint density at radius 1 is 1.30 bits per heavy atom. The summed E-state index contributed by atoms with van der Waals surface area (Å²) in [5.41, 5.74) is 0. The minimum Gasteiger partial charge on any atom is -0.480 e. The van der Waals surface area contributed by atoms with Crippen LogP contribution in [0.15, 0.2) is 0 Å². The van der Waals surface area contributed by atoms with E-state index >= 15 is 0 Å². The van der Waals surface area contributed by atoms with Gasteiger partial charge in [-0.3, -0.25) is 14.4 Å². The van der Waals surface area contributed by atoms with Gasteiger partial charge in [-0.1, -0.05) is 0 Å². The number of nitrogens with zero attached hydrogens (tertiary/aromatic N) is 1. The van der Waals surface area contributed by atoms with Crippen LogP contribution in [0.4, 0.5) is 0 Å². The lowest BCUT2D eigenvalue weighted by atomic mass is 10.1. The summed E-state index contributed by atoms with van der Waals surface area (Å²) in [5.74, 6) is -1.49. The van der Waals surface area contributed by atoms with Gasteiger partial charge in [0.25, 0.3) is 0 Å². The van der Waals surface area contributed by atoms with Crippen molar-refractivity contribution in [2.45, 2.75) is 50.7 Å². The Kier molecular flexibility index (Phi) is 4.59. The second-order valence-corrected chi connectivity index (χ2v) is 5.41. The van der Waals surface area contributed by atoms with Gasteiger partial charge in [0, 0.05) is 6.54 Å². The van der Waals surface area contributed by atoms with Crippen LogP contribution in [-0.2, 0) is 14.4 Å². The van der Waals surface area contributed by atoms with E-state index < -0.39 is 18.1 Å². The van der Waals surface area contributed by atoms with Gasteiger partial charge in [-0.15, -0.1) is 0 Å². The molecule has 0 unspecified atom stereocenters. The summed E-state index contributed by atoms with van der Waals surface area (Å²) in [7, 11) is 0. The minimum atomic E-state index is -1.08. The number of hydrogen-bond donors (Lipinski definition) is 3. The Hall–Kier alpha value is -1.63. The highest BCUT2D eigenvalue weighted by Gasteiger charge is 2.38. The first kappa shape index (κ1) is 14.8. The molecule has 0 aliphatic carbocycles. The quantitative estimate of drug-likeness (QED) is 0.635. The number of carbonyl (C=O) groups excluding carboxylic acids is 2. The van der Waals surface area contributed by atoms with Crippen molar-refractivity contribution in [1.29, 1.82) is 0 Å². The van der Waals surface area contributed by atoms with Crippen LogP contribution in [0.3, 0.4) is 0 Å². The average molecular weight is 283 g/mol. The average Bonchev–Trinajstić information content (AvgIpc) is 3.08. The molecule has 3 atom stereocenters. The van der Waals surface area contributed by atoms with Gasteiger partial charge in [-0.2, -0.15) is 0 Å². The van der Waals surface area contributed by atoms with E-state index in [4.69, 9.17) is 5.11 Å². The monoisotopic (exact) mass is 283 g/mol. The van der Waals surface area contributed by atoms with Gasteiger partial charge in [0.05, 0.1) is 6.04 Å². The van der Waals surface area contributed by atoms with E-state index in [2.05, 4.69) is 10.6 Å². The lowest BCUT2D eigenvalue weighted by molar-refractivity contribution is -0.143. The number of aliphatic carboxylic acids is 1. The molecule has 2 fully saturated rings. The maximum Gasteiger partial charge on any atom is 0.325 e. The number of carboxylic acid groups (broad SMARTS) is 1. The topological polar surface area (TPSA) is 98.7 Å². The predicted molar refractivity (Wildman–Crippen MR) is 71.0 cm³/mol. The van der Waals surface area contributed by atoms with Gasteiger partial charge in [0.2, 0.25) is 11.8 Å². The second-order valence-electron chi connectivity index (χ2n) is 5.41. The van der Waals surface area contributed by atoms with Gasteiger partial charge in [-0.05, 0) is 39.2 Å². The van der Waals surface area contributed by atoms with E-state index in [1.54, 1.807) is 4.90 Å². The molecule has 2 amide bonds. The number of nitrogens with one attached hydrogen (secondary N) is 2. The second kappa shape index (κ2) is 6.21. The Morgan fingerprint density at radius 2 is 2.05 bits per heavy atom. The molecular weight excluding hydrogens is 262 g/mol. The Balaban J connectivity index is 1.97. The van der Waals surface area contributed by atoms with Crippen LogP contribution in [-0.4, -0.2) is 59.0 Å². The minimum absolute atomic E-state index is 0.0388. The van der Waals surface area contributed by atoms with E-state index in [9.17, 15) is 14.4 Å². The highest BCUT2D eigenvalue weighted by molar-refractivity contribution is 5.92. The van der Waals surface area contributed by atoms with Crippen molar-refractivity contribution in [2.24, 2.45) is 0 Å².